The van der Waals surface area contributed by atoms with Gasteiger partial charge >= 0.3 is 12.1 Å². The monoisotopic (exact) mass is 534 g/mol. The van der Waals surface area contributed by atoms with Crippen LogP contribution in [0.5, 0.6) is 0 Å². The normalized spacial score (nSPS) is 15.7. The molecule has 208 valence electrons. The summed E-state index contributed by atoms with van der Waals surface area (Å²) >= 11 is 0. The quantitative estimate of drug-likeness (QED) is 0.203. The number of halogens is 3. The second-order valence-electron chi connectivity index (χ2n) is 11.4. The summed E-state index contributed by atoms with van der Waals surface area (Å²) in [6.07, 6.45) is -2.39. The standard InChI is InChI=1S/C28H37F3N4O3/c1-8-35-22-16-27(6,7)14-13-20(22)24(34-35)25(38-32)33-17(2)19-10-9-18(21(15-19)28(29,30)31)11-12-23(36)37-26(3,4)5/h9-10,15H,2,8,11-14,16,32H2,1,3-7H3. The van der Waals surface area contributed by atoms with Crippen LogP contribution in [0.15, 0.2) is 29.8 Å². The highest BCUT2D eigenvalue weighted by molar-refractivity contribution is 5.97. The van der Waals surface area contributed by atoms with Gasteiger partial charge in [0.25, 0.3) is 5.90 Å². The van der Waals surface area contributed by atoms with E-state index in [1.165, 1.54) is 12.1 Å². The molecule has 0 saturated carbocycles. The SMILES string of the molecule is C=C(N=C(ON)c1nn(CC)c2c1CCC(C)(C)C2)c1ccc(CCC(=O)OC(C)(C)C)c(C(F)(F)F)c1. The predicted octanol–water partition coefficient (Wildman–Crippen LogP) is 6.02. The first-order valence-electron chi connectivity index (χ1n) is 12.7. The Morgan fingerprint density at radius 1 is 1.26 bits per heavy atom. The van der Waals surface area contributed by atoms with E-state index in [4.69, 9.17) is 15.5 Å². The number of alkyl halides is 3. The second-order valence-corrected chi connectivity index (χ2v) is 11.4. The lowest BCUT2D eigenvalue weighted by Crippen LogP contribution is -2.24. The highest BCUT2D eigenvalue weighted by Crippen LogP contribution is 2.37. The Kier molecular flexibility index (Phi) is 8.45. The first kappa shape index (κ1) is 29.4. The minimum absolute atomic E-state index is 0.000664. The molecule has 0 bridgehead atoms. The summed E-state index contributed by atoms with van der Waals surface area (Å²) in [4.78, 5) is 21.5. The molecule has 2 aromatic rings. The third kappa shape index (κ3) is 7.03. The lowest BCUT2D eigenvalue weighted by molar-refractivity contribution is -0.155. The van der Waals surface area contributed by atoms with E-state index in [0.717, 1.165) is 36.6 Å². The van der Waals surface area contributed by atoms with Crippen molar-refractivity contribution in [1.29, 1.82) is 0 Å². The van der Waals surface area contributed by atoms with E-state index in [2.05, 4.69) is 30.5 Å². The lowest BCUT2D eigenvalue weighted by Gasteiger charge is -2.30. The molecular formula is C28H37F3N4O3. The Labute approximate surface area is 221 Å². The van der Waals surface area contributed by atoms with E-state index in [1.807, 2.05) is 11.6 Å². The molecule has 0 aliphatic heterocycles. The molecule has 0 saturated heterocycles. The van der Waals surface area contributed by atoms with Crippen LogP contribution in [0.4, 0.5) is 13.2 Å². The van der Waals surface area contributed by atoms with Crippen LogP contribution in [-0.2, 0) is 46.4 Å². The van der Waals surface area contributed by atoms with Crippen LogP contribution >= 0.6 is 0 Å². The number of ether oxygens (including phenoxy) is 1. The maximum absolute atomic E-state index is 13.9. The van der Waals surface area contributed by atoms with Crippen molar-refractivity contribution >= 4 is 17.6 Å². The summed E-state index contributed by atoms with van der Waals surface area (Å²) in [6.45, 7) is 16.0. The highest BCUT2D eigenvalue weighted by Gasteiger charge is 2.35. The van der Waals surface area contributed by atoms with Gasteiger partial charge in [0.2, 0.25) is 0 Å². The topological polar surface area (TPSA) is 91.7 Å². The summed E-state index contributed by atoms with van der Waals surface area (Å²) in [6, 6.07) is 3.80. The summed E-state index contributed by atoms with van der Waals surface area (Å²) in [7, 11) is 0. The lowest BCUT2D eigenvalue weighted by atomic mass is 9.76. The number of benzene rings is 1. The van der Waals surface area contributed by atoms with Gasteiger partial charge in [0, 0.05) is 29.8 Å². The molecule has 0 atom stereocenters. The molecule has 38 heavy (non-hydrogen) atoms. The zero-order chi connectivity index (χ0) is 28.5. The van der Waals surface area contributed by atoms with E-state index >= 15 is 0 Å². The fourth-order valence-electron chi connectivity index (χ4n) is 4.62. The van der Waals surface area contributed by atoms with Crippen molar-refractivity contribution < 1.29 is 27.5 Å². The van der Waals surface area contributed by atoms with Gasteiger partial charge in [-0.05, 0) is 70.4 Å². The van der Waals surface area contributed by atoms with E-state index in [1.54, 1.807) is 20.8 Å². The van der Waals surface area contributed by atoms with Crippen LogP contribution in [0.3, 0.4) is 0 Å². The van der Waals surface area contributed by atoms with Crippen LogP contribution in [0.1, 0.15) is 88.0 Å². The number of nitrogens with two attached hydrogens (primary N) is 1. The van der Waals surface area contributed by atoms with Gasteiger partial charge in [-0.2, -0.15) is 24.2 Å². The fraction of sp³-hybridized carbons (Fsp3) is 0.536. The predicted molar refractivity (Wildman–Crippen MR) is 140 cm³/mol. The van der Waals surface area contributed by atoms with Crippen molar-refractivity contribution in [1.82, 2.24) is 9.78 Å². The van der Waals surface area contributed by atoms with Crippen LogP contribution in [0.25, 0.3) is 5.70 Å². The first-order valence-corrected chi connectivity index (χ1v) is 12.7. The number of hydrogen-bond donors (Lipinski definition) is 1. The van der Waals surface area contributed by atoms with E-state index in [0.29, 0.717) is 12.2 Å². The van der Waals surface area contributed by atoms with Gasteiger partial charge in [0.1, 0.15) is 5.60 Å². The minimum Gasteiger partial charge on any atom is -0.460 e. The second kappa shape index (κ2) is 10.9. The Bertz CT molecular complexity index is 1240. The Morgan fingerprint density at radius 3 is 2.53 bits per heavy atom. The van der Waals surface area contributed by atoms with Crippen LogP contribution in [0.2, 0.25) is 0 Å². The average Bonchev–Trinajstić information content (AvgIpc) is 3.15. The number of carbonyl (C=O) groups excluding carboxylic acids is 1. The summed E-state index contributed by atoms with van der Waals surface area (Å²) in [5, 5.41) is 4.65. The van der Waals surface area contributed by atoms with Crippen molar-refractivity contribution in [3.8, 4) is 0 Å². The largest absolute Gasteiger partial charge is 0.460 e. The van der Waals surface area contributed by atoms with Gasteiger partial charge < -0.3 is 9.57 Å². The zero-order valence-electron chi connectivity index (χ0n) is 23.0. The zero-order valence-corrected chi connectivity index (χ0v) is 23.0. The molecule has 0 amide bonds. The maximum atomic E-state index is 13.9. The number of carbonyl (C=O) groups is 1. The molecule has 3 rings (SSSR count). The van der Waals surface area contributed by atoms with Crippen LogP contribution in [0, 0.1) is 5.41 Å². The maximum Gasteiger partial charge on any atom is 0.416 e. The van der Waals surface area contributed by atoms with Gasteiger partial charge in [0.05, 0.1) is 11.3 Å². The van der Waals surface area contributed by atoms with Gasteiger partial charge in [0.15, 0.2) is 5.69 Å². The van der Waals surface area contributed by atoms with Crippen molar-refractivity contribution in [3.63, 3.8) is 0 Å². The fourth-order valence-corrected chi connectivity index (χ4v) is 4.62. The van der Waals surface area contributed by atoms with Crippen molar-refractivity contribution in [3.05, 3.63) is 58.4 Å². The van der Waals surface area contributed by atoms with Gasteiger partial charge in [-0.3, -0.25) is 9.48 Å². The number of hydrogen-bond acceptors (Lipinski definition) is 6. The summed E-state index contributed by atoms with van der Waals surface area (Å²) in [5.74, 6) is 5.00. The molecule has 1 heterocycles. The molecule has 7 nitrogen and oxygen atoms in total. The van der Waals surface area contributed by atoms with E-state index < -0.39 is 23.3 Å². The molecule has 1 aromatic heterocycles. The molecule has 0 spiro atoms. The number of rotatable bonds is 7. The summed E-state index contributed by atoms with van der Waals surface area (Å²) < 4.78 is 48.9. The third-order valence-corrected chi connectivity index (χ3v) is 6.48. The van der Waals surface area contributed by atoms with Gasteiger partial charge in [-0.15, -0.1) is 0 Å². The van der Waals surface area contributed by atoms with Crippen molar-refractivity contribution in [2.24, 2.45) is 16.3 Å². The molecule has 1 aliphatic rings. The number of aromatic nitrogens is 2. The molecule has 1 aliphatic carbocycles. The Hall–Kier alpha value is -3.14. The molecule has 0 unspecified atom stereocenters. The molecule has 0 fully saturated rings. The smallest absolute Gasteiger partial charge is 0.416 e. The molecule has 0 radical (unpaired) electrons. The van der Waals surface area contributed by atoms with Crippen molar-refractivity contribution in [2.75, 3.05) is 0 Å². The Balaban J connectivity index is 1.92. The Morgan fingerprint density at radius 2 is 1.95 bits per heavy atom. The highest BCUT2D eigenvalue weighted by atomic mass is 19.4. The van der Waals surface area contributed by atoms with Gasteiger partial charge in [-0.25, -0.2) is 4.99 Å². The van der Waals surface area contributed by atoms with E-state index in [9.17, 15) is 18.0 Å². The van der Waals surface area contributed by atoms with Crippen LogP contribution < -0.4 is 5.90 Å². The first-order chi connectivity index (χ1) is 17.5. The molecule has 1 aromatic carbocycles. The number of aryl methyl sites for hydroxylation is 2. The average molecular weight is 535 g/mol. The number of fused-ring (bicyclic) bond motifs is 1. The minimum atomic E-state index is -4.64. The van der Waals surface area contributed by atoms with E-state index in [-0.39, 0.29) is 41.0 Å². The third-order valence-electron chi connectivity index (χ3n) is 6.48. The number of aliphatic imine (C=N–C) groups is 1. The molecular weight excluding hydrogens is 497 g/mol. The van der Waals surface area contributed by atoms with Crippen LogP contribution in [-0.4, -0.2) is 27.2 Å². The number of nitrogens with zero attached hydrogens (tertiary/aromatic N) is 3. The number of esters is 1. The molecule has 2 N–H and O–H groups in total. The van der Waals surface area contributed by atoms with Gasteiger partial charge in [-0.1, -0.05) is 32.6 Å². The van der Waals surface area contributed by atoms with Crippen molar-refractivity contribution in [2.45, 2.75) is 92.0 Å². The summed E-state index contributed by atoms with van der Waals surface area (Å²) in [5.41, 5.74) is 1.28. The molecule has 10 heteroatoms.